The maximum atomic E-state index is 10.4. The Kier molecular flexibility index (Phi) is 6.32. The highest BCUT2D eigenvalue weighted by Crippen LogP contribution is 1.83. The third kappa shape index (κ3) is 7.24. The molecule has 0 aliphatic carbocycles. The standard InChI is InChI=1S/C8H15NO3/c1-3-4-12-6-8(11)5-9-7(2)10/h3,8,11H,1,4-6H2,2H3,(H,9,10). The number of carbonyl (C=O) groups is 1. The van der Waals surface area contributed by atoms with Crippen LogP contribution in [0.15, 0.2) is 12.7 Å². The summed E-state index contributed by atoms with van der Waals surface area (Å²) >= 11 is 0. The van der Waals surface area contributed by atoms with E-state index in [0.29, 0.717) is 6.61 Å². The zero-order valence-corrected chi connectivity index (χ0v) is 7.25. The largest absolute Gasteiger partial charge is 0.389 e. The molecule has 1 amide bonds. The van der Waals surface area contributed by atoms with Crippen molar-refractivity contribution >= 4 is 5.91 Å². The van der Waals surface area contributed by atoms with Crippen LogP contribution in [0.25, 0.3) is 0 Å². The van der Waals surface area contributed by atoms with Crippen molar-refractivity contribution in [3.05, 3.63) is 12.7 Å². The minimum Gasteiger partial charge on any atom is -0.389 e. The lowest BCUT2D eigenvalue weighted by atomic mass is 10.4. The number of ether oxygens (including phenoxy) is 1. The Hall–Kier alpha value is -0.870. The van der Waals surface area contributed by atoms with Gasteiger partial charge in [0.2, 0.25) is 5.91 Å². The van der Waals surface area contributed by atoms with Gasteiger partial charge < -0.3 is 15.2 Å². The third-order valence-electron chi connectivity index (χ3n) is 1.13. The van der Waals surface area contributed by atoms with Crippen molar-refractivity contribution in [2.75, 3.05) is 19.8 Å². The molecule has 70 valence electrons. The van der Waals surface area contributed by atoms with E-state index in [4.69, 9.17) is 9.84 Å². The molecule has 12 heavy (non-hydrogen) atoms. The van der Waals surface area contributed by atoms with Crippen LogP contribution in [0.3, 0.4) is 0 Å². The highest BCUT2D eigenvalue weighted by molar-refractivity contribution is 5.72. The molecular weight excluding hydrogens is 158 g/mol. The summed E-state index contributed by atoms with van der Waals surface area (Å²) in [5.41, 5.74) is 0. The fourth-order valence-electron chi connectivity index (χ4n) is 0.608. The molecule has 0 saturated carbocycles. The van der Waals surface area contributed by atoms with E-state index < -0.39 is 6.10 Å². The molecule has 0 rings (SSSR count). The van der Waals surface area contributed by atoms with Crippen molar-refractivity contribution in [1.29, 1.82) is 0 Å². The van der Waals surface area contributed by atoms with Crippen molar-refractivity contribution in [2.24, 2.45) is 0 Å². The molecule has 0 aliphatic heterocycles. The molecule has 0 bridgehead atoms. The maximum absolute atomic E-state index is 10.4. The zero-order chi connectivity index (χ0) is 9.40. The third-order valence-corrected chi connectivity index (χ3v) is 1.13. The molecule has 4 heteroatoms. The number of hydrogen-bond donors (Lipinski definition) is 2. The molecule has 0 aliphatic rings. The van der Waals surface area contributed by atoms with Gasteiger partial charge >= 0.3 is 0 Å². The zero-order valence-electron chi connectivity index (χ0n) is 7.25. The predicted molar refractivity (Wildman–Crippen MR) is 45.7 cm³/mol. The predicted octanol–water partition coefficient (Wildman–Crippen LogP) is -0.314. The van der Waals surface area contributed by atoms with Crippen molar-refractivity contribution in [1.82, 2.24) is 5.32 Å². The maximum Gasteiger partial charge on any atom is 0.216 e. The Bertz CT molecular complexity index is 147. The van der Waals surface area contributed by atoms with Crippen molar-refractivity contribution < 1.29 is 14.6 Å². The quantitative estimate of drug-likeness (QED) is 0.428. The molecule has 0 aromatic carbocycles. The van der Waals surface area contributed by atoms with E-state index in [0.717, 1.165) is 0 Å². The molecule has 0 fully saturated rings. The first-order chi connectivity index (χ1) is 5.66. The summed E-state index contributed by atoms with van der Waals surface area (Å²) in [6.45, 7) is 5.71. The molecule has 4 nitrogen and oxygen atoms in total. The van der Waals surface area contributed by atoms with Gasteiger partial charge in [0.25, 0.3) is 0 Å². The Labute approximate surface area is 72.2 Å². The highest BCUT2D eigenvalue weighted by Gasteiger charge is 2.03. The van der Waals surface area contributed by atoms with Crippen LogP contribution < -0.4 is 5.32 Å². The van der Waals surface area contributed by atoms with E-state index in [-0.39, 0.29) is 19.1 Å². The summed E-state index contributed by atoms with van der Waals surface area (Å²) in [7, 11) is 0. The van der Waals surface area contributed by atoms with Crippen LogP contribution in [-0.2, 0) is 9.53 Å². The molecule has 0 aromatic heterocycles. The Morgan fingerprint density at radius 3 is 3.00 bits per heavy atom. The van der Waals surface area contributed by atoms with Crippen LogP contribution in [0.4, 0.5) is 0 Å². The number of hydrogen-bond acceptors (Lipinski definition) is 3. The van der Waals surface area contributed by atoms with Gasteiger partial charge in [-0.2, -0.15) is 0 Å². The van der Waals surface area contributed by atoms with Crippen molar-refractivity contribution in [3.8, 4) is 0 Å². The van der Waals surface area contributed by atoms with Gasteiger partial charge in [0, 0.05) is 13.5 Å². The van der Waals surface area contributed by atoms with E-state index in [1.807, 2.05) is 0 Å². The van der Waals surface area contributed by atoms with Crippen LogP contribution in [0.5, 0.6) is 0 Å². The molecule has 1 unspecified atom stereocenters. The normalized spacial score (nSPS) is 12.2. The highest BCUT2D eigenvalue weighted by atomic mass is 16.5. The minimum atomic E-state index is -0.645. The van der Waals surface area contributed by atoms with E-state index in [2.05, 4.69) is 11.9 Å². The Morgan fingerprint density at radius 1 is 1.83 bits per heavy atom. The number of aliphatic hydroxyl groups is 1. The monoisotopic (exact) mass is 173 g/mol. The van der Waals surface area contributed by atoms with Crippen LogP contribution >= 0.6 is 0 Å². The first-order valence-electron chi connectivity index (χ1n) is 3.78. The molecular formula is C8H15NO3. The molecule has 0 aromatic rings. The SMILES string of the molecule is C=CCOCC(O)CNC(C)=O. The van der Waals surface area contributed by atoms with E-state index in [1.165, 1.54) is 6.92 Å². The Morgan fingerprint density at radius 2 is 2.50 bits per heavy atom. The van der Waals surface area contributed by atoms with Crippen LogP contribution in [0, 0.1) is 0 Å². The lowest BCUT2D eigenvalue weighted by Crippen LogP contribution is -2.33. The van der Waals surface area contributed by atoms with Gasteiger partial charge in [-0.15, -0.1) is 6.58 Å². The van der Waals surface area contributed by atoms with Gasteiger partial charge in [-0.25, -0.2) is 0 Å². The van der Waals surface area contributed by atoms with Crippen molar-refractivity contribution in [2.45, 2.75) is 13.0 Å². The molecule has 0 radical (unpaired) electrons. The summed E-state index contributed by atoms with van der Waals surface area (Å²) < 4.78 is 4.96. The second-order valence-corrected chi connectivity index (χ2v) is 2.42. The molecule has 1 atom stereocenters. The van der Waals surface area contributed by atoms with Crippen LogP contribution in [0.1, 0.15) is 6.92 Å². The van der Waals surface area contributed by atoms with Crippen LogP contribution in [0.2, 0.25) is 0 Å². The van der Waals surface area contributed by atoms with E-state index in [1.54, 1.807) is 6.08 Å². The van der Waals surface area contributed by atoms with Gasteiger partial charge in [0.1, 0.15) is 0 Å². The summed E-state index contributed by atoms with van der Waals surface area (Å²) in [5, 5.41) is 11.6. The summed E-state index contributed by atoms with van der Waals surface area (Å²) in [6, 6.07) is 0. The fraction of sp³-hybridized carbons (Fsp3) is 0.625. The van der Waals surface area contributed by atoms with E-state index in [9.17, 15) is 4.79 Å². The topological polar surface area (TPSA) is 58.6 Å². The van der Waals surface area contributed by atoms with Gasteiger partial charge in [-0.3, -0.25) is 4.79 Å². The van der Waals surface area contributed by atoms with E-state index >= 15 is 0 Å². The van der Waals surface area contributed by atoms with Gasteiger partial charge in [0.05, 0.1) is 19.3 Å². The smallest absolute Gasteiger partial charge is 0.216 e. The van der Waals surface area contributed by atoms with Crippen molar-refractivity contribution in [3.63, 3.8) is 0 Å². The summed E-state index contributed by atoms with van der Waals surface area (Å²) in [5.74, 6) is -0.155. The molecule has 0 spiro atoms. The molecule has 0 saturated heterocycles. The van der Waals surface area contributed by atoms with Crippen LogP contribution in [-0.4, -0.2) is 36.9 Å². The van der Waals surface area contributed by atoms with Gasteiger partial charge in [-0.05, 0) is 0 Å². The number of rotatable bonds is 6. The lowest BCUT2D eigenvalue weighted by Gasteiger charge is -2.09. The summed E-state index contributed by atoms with van der Waals surface area (Å²) in [4.78, 5) is 10.4. The number of amides is 1. The Balaban J connectivity index is 3.26. The average Bonchev–Trinajstić information content (AvgIpc) is 2.01. The second kappa shape index (κ2) is 6.82. The first kappa shape index (κ1) is 11.1. The number of carbonyl (C=O) groups excluding carboxylic acids is 1. The average molecular weight is 173 g/mol. The molecule has 2 N–H and O–H groups in total. The minimum absolute atomic E-state index is 0.155. The van der Waals surface area contributed by atoms with Gasteiger partial charge in [0.15, 0.2) is 0 Å². The number of aliphatic hydroxyl groups excluding tert-OH is 1. The second-order valence-electron chi connectivity index (χ2n) is 2.42. The number of nitrogens with one attached hydrogen (secondary N) is 1. The van der Waals surface area contributed by atoms with Gasteiger partial charge in [-0.1, -0.05) is 6.08 Å². The summed E-state index contributed by atoms with van der Waals surface area (Å²) in [6.07, 6.45) is 0.958. The lowest BCUT2D eigenvalue weighted by molar-refractivity contribution is -0.119. The first-order valence-corrected chi connectivity index (χ1v) is 3.78. The fourth-order valence-corrected chi connectivity index (χ4v) is 0.608. The molecule has 0 heterocycles.